The molecule has 1 rings (SSSR count). The summed E-state index contributed by atoms with van der Waals surface area (Å²) in [6.45, 7) is 3.13. The van der Waals surface area contributed by atoms with Crippen molar-refractivity contribution in [2.75, 3.05) is 20.3 Å². The van der Waals surface area contributed by atoms with Gasteiger partial charge in [-0.3, -0.25) is 4.79 Å². The first-order valence-corrected chi connectivity index (χ1v) is 3.91. The first kappa shape index (κ1) is 8.53. The lowest BCUT2D eigenvalue weighted by Crippen LogP contribution is -2.49. The fraction of sp³-hybridized carbons (Fsp3) is 0.875. The number of hydrogen-bond acceptors (Lipinski definition) is 3. The van der Waals surface area contributed by atoms with E-state index in [2.05, 4.69) is 6.92 Å². The van der Waals surface area contributed by atoms with Gasteiger partial charge in [0.25, 0.3) is 0 Å². The molecule has 3 nitrogen and oxygen atoms in total. The number of carbonyl (C=O) groups excluding carboxylic acids is 1. The van der Waals surface area contributed by atoms with Gasteiger partial charge in [-0.25, -0.2) is 0 Å². The Morgan fingerprint density at radius 1 is 1.64 bits per heavy atom. The molecule has 0 spiro atoms. The first-order valence-electron chi connectivity index (χ1n) is 3.91. The van der Waals surface area contributed by atoms with E-state index in [4.69, 9.17) is 9.47 Å². The van der Waals surface area contributed by atoms with Gasteiger partial charge in [-0.2, -0.15) is 0 Å². The minimum absolute atomic E-state index is 0.120. The molecule has 11 heavy (non-hydrogen) atoms. The van der Waals surface area contributed by atoms with Gasteiger partial charge in [0.15, 0.2) is 0 Å². The van der Waals surface area contributed by atoms with Gasteiger partial charge >= 0.3 is 5.97 Å². The maximum absolute atomic E-state index is 11.2. The first-order chi connectivity index (χ1) is 5.25. The third-order valence-electron chi connectivity index (χ3n) is 2.10. The van der Waals surface area contributed by atoms with Crippen LogP contribution in [0.3, 0.4) is 0 Å². The SMILES string of the molecule is CCCC1(C(=O)OC)COC1. The maximum Gasteiger partial charge on any atom is 0.316 e. The number of methoxy groups -OCH3 is 1. The standard InChI is InChI=1S/C8H14O3/c1-3-4-8(5-11-6-8)7(9)10-2/h3-6H2,1-2H3. The van der Waals surface area contributed by atoms with E-state index in [0.29, 0.717) is 13.2 Å². The van der Waals surface area contributed by atoms with Crippen LogP contribution in [0.2, 0.25) is 0 Å². The second-order valence-corrected chi connectivity index (χ2v) is 3.01. The van der Waals surface area contributed by atoms with Crippen LogP contribution in [0.25, 0.3) is 0 Å². The predicted octanol–water partition coefficient (Wildman–Crippen LogP) is 0.976. The molecule has 1 aliphatic heterocycles. The van der Waals surface area contributed by atoms with Crippen LogP contribution >= 0.6 is 0 Å². The summed E-state index contributed by atoms with van der Waals surface area (Å²) in [7, 11) is 1.43. The van der Waals surface area contributed by atoms with Gasteiger partial charge in [0.2, 0.25) is 0 Å². The van der Waals surface area contributed by atoms with Crippen LogP contribution < -0.4 is 0 Å². The molecule has 0 N–H and O–H groups in total. The summed E-state index contributed by atoms with van der Waals surface area (Å²) in [5, 5.41) is 0. The van der Waals surface area contributed by atoms with Crippen molar-refractivity contribution in [2.45, 2.75) is 19.8 Å². The lowest BCUT2D eigenvalue weighted by Gasteiger charge is -2.38. The number of carbonyl (C=O) groups is 1. The predicted molar refractivity (Wildman–Crippen MR) is 40.2 cm³/mol. The number of ether oxygens (including phenoxy) is 2. The molecule has 0 atom stereocenters. The molecule has 0 radical (unpaired) electrons. The zero-order valence-corrected chi connectivity index (χ0v) is 7.05. The Hall–Kier alpha value is -0.570. The van der Waals surface area contributed by atoms with E-state index in [9.17, 15) is 4.79 Å². The highest BCUT2D eigenvalue weighted by atomic mass is 16.5. The zero-order chi connectivity index (χ0) is 8.32. The van der Waals surface area contributed by atoms with Crippen LogP contribution in [0.5, 0.6) is 0 Å². The third kappa shape index (κ3) is 1.38. The molecule has 0 aromatic rings. The molecular formula is C8H14O3. The summed E-state index contributed by atoms with van der Waals surface area (Å²) in [6, 6.07) is 0. The van der Waals surface area contributed by atoms with Gasteiger partial charge in [0.1, 0.15) is 5.41 Å². The summed E-state index contributed by atoms with van der Waals surface area (Å²) in [5.74, 6) is -0.120. The van der Waals surface area contributed by atoms with Gasteiger partial charge in [0.05, 0.1) is 20.3 Å². The summed E-state index contributed by atoms with van der Waals surface area (Å²) in [4.78, 5) is 11.2. The minimum atomic E-state index is -0.302. The Morgan fingerprint density at radius 2 is 2.27 bits per heavy atom. The lowest BCUT2D eigenvalue weighted by atomic mass is 9.81. The molecule has 0 amide bonds. The van der Waals surface area contributed by atoms with E-state index < -0.39 is 0 Å². The smallest absolute Gasteiger partial charge is 0.316 e. The molecule has 1 fully saturated rings. The Bertz CT molecular complexity index is 149. The average Bonchev–Trinajstić information content (AvgIpc) is 1.95. The van der Waals surface area contributed by atoms with Crippen LogP contribution in [0, 0.1) is 5.41 Å². The molecule has 1 heterocycles. The van der Waals surface area contributed by atoms with Gasteiger partial charge < -0.3 is 9.47 Å². The van der Waals surface area contributed by atoms with E-state index in [1.807, 2.05) is 0 Å². The molecule has 1 aliphatic rings. The normalized spacial score (nSPS) is 20.5. The molecule has 0 saturated carbocycles. The number of esters is 1. The monoisotopic (exact) mass is 158 g/mol. The molecule has 0 aromatic heterocycles. The highest BCUT2D eigenvalue weighted by Crippen LogP contribution is 2.33. The Labute approximate surface area is 66.7 Å². The second-order valence-electron chi connectivity index (χ2n) is 3.01. The van der Waals surface area contributed by atoms with Crippen molar-refractivity contribution in [1.29, 1.82) is 0 Å². The summed E-state index contributed by atoms with van der Waals surface area (Å²) in [5.41, 5.74) is -0.302. The van der Waals surface area contributed by atoms with Crippen molar-refractivity contribution in [3.05, 3.63) is 0 Å². The van der Waals surface area contributed by atoms with E-state index in [0.717, 1.165) is 12.8 Å². The largest absolute Gasteiger partial charge is 0.468 e. The van der Waals surface area contributed by atoms with E-state index in [1.165, 1.54) is 7.11 Å². The molecule has 0 aliphatic carbocycles. The molecule has 64 valence electrons. The van der Waals surface area contributed by atoms with Crippen LogP contribution in [0.4, 0.5) is 0 Å². The fourth-order valence-corrected chi connectivity index (χ4v) is 1.41. The topological polar surface area (TPSA) is 35.5 Å². The lowest BCUT2D eigenvalue weighted by molar-refractivity contribution is -0.184. The minimum Gasteiger partial charge on any atom is -0.468 e. The highest BCUT2D eigenvalue weighted by Gasteiger charge is 2.45. The Morgan fingerprint density at radius 3 is 2.55 bits per heavy atom. The van der Waals surface area contributed by atoms with Crippen LogP contribution in [0.1, 0.15) is 19.8 Å². The Balaban J connectivity index is 2.52. The van der Waals surface area contributed by atoms with Crippen molar-refractivity contribution in [2.24, 2.45) is 5.41 Å². The molecule has 0 bridgehead atoms. The summed E-state index contributed by atoms with van der Waals surface area (Å²) < 4.78 is 9.70. The van der Waals surface area contributed by atoms with Crippen LogP contribution in [-0.2, 0) is 14.3 Å². The molecule has 0 aromatic carbocycles. The van der Waals surface area contributed by atoms with E-state index in [-0.39, 0.29) is 11.4 Å². The van der Waals surface area contributed by atoms with Crippen molar-refractivity contribution in [3.63, 3.8) is 0 Å². The Kier molecular flexibility index (Phi) is 2.49. The van der Waals surface area contributed by atoms with Gasteiger partial charge in [-0.15, -0.1) is 0 Å². The van der Waals surface area contributed by atoms with Gasteiger partial charge in [-0.1, -0.05) is 13.3 Å². The average molecular weight is 158 g/mol. The van der Waals surface area contributed by atoms with Crippen LogP contribution in [0.15, 0.2) is 0 Å². The summed E-state index contributed by atoms with van der Waals surface area (Å²) in [6.07, 6.45) is 1.87. The third-order valence-corrected chi connectivity index (χ3v) is 2.10. The highest BCUT2D eigenvalue weighted by molar-refractivity contribution is 5.77. The number of hydrogen-bond donors (Lipinski definition) is 0. The van der Waals surface area contributed by atoms with Crippen molar-refractivity contribution in [3.8, 4) is 0 Å². The van der Waals surface area contributed by atoms with Crippen LogP contribution in [-0.4, -0.2) is 26.3 Å². The second kappa shape index (κ2) is 3.22. The summed E-state index contributed by atoms with van der Waals surface area (Å²) >= 11 is 0. The molecule has 0 unspecified atom stereocenters. The molecular weight excluding hydrogens is 144 g/mol. The molecule has 1 saturated heterocycles. The number of rotatable bonds is 3. The van der Waals surface area contributed by atoms with Crippen molar-refractivity contribution < 1.29 is 14.3 Å². The zero-order valence-electron chi connectivity index (χ0n) is 7.05. The fourth-order valence-electron chi connectivity index (χ4n) is 1.41. The molecule has 3 heteroatoms. The maximum atomic E-state index is 11.2. The van der Waals surface area contributed by atoms with Gasteiger partial charge in [-0.05, 0) is 6.42 Å². The van der Waals surface area contributed by atoms with Gasteiger partial charge in [0, 0.05) is 0 Å². The van der Waals surface area contributed by atoms with Crippen molar-refractivity contribution in [1.82, 2.24) is 0 Å². The van der Waals surface area contributed by atoms with E-state index >= 15 is 0 Å². The van der Waals surface area contributed by atoms with E-state index in [1.54, 1.807) is 0 Å². The van der Waals surface area contributed by atoms with Crippen molar-refractivity contribution >= 4 is 5.97 Å². The quantitative estimate of drug-likeness (QED) is 0.574.